The van der Waals surface area contributed by atoms with Crippen LogP contribution < -0.4 is 0 Å². The van der Waals surface area contributed by atoms with Crippen LogP contribution in [0, 0.1) is 0 Å². The van der Waals surface area contributed by atoms with Crippen LogP contribution in [0.4, 0.5) is 57.1 Å². The molecule has 3 nitrogen and oxygen atoms in total. The maximum absolute atomic E-state index is 14.6. The fourth-order valence-corrected chi connectivity index (χ4v) is 2.86. The number of nitrogens with zero attached hydrogens (tertiary/aromatic N) is 3. The molecule has 1 heterocycles. The average Bonchev–Trinajstić information content (AvgIpc) is 2.77. The molecule has 1 atom stereocenters. The highest BCUT2D eigenvalue weighted by Crippen LogP contribution is 2.61. The van der Waals surface area contributed by atoms with Gasteiger partial charge >= 0.3 is 35.8 Å². The summed E-state index contributed by atoms with van der Waals surface area (Å²) in [5, 5.41) is -0.196. The van der Waals surface area contributed by atoms with Gasteiger partial charge in [0.1, 0.15) is 5.82 Å². The third-order valence-electron chi connectivity index (χ3n) is 4.31. The average molecular weight is 661 g/mol. The van der Waals surface area contributed by atoms with E-state index in [1.807, 2.05) is 0 Å². The summed E-state index contributed by atoms with van der Waals surface area (Å²) >= 11 is 5.69. The van der Waals surface area contributed by atoms with Crippen molar-refractivity contribution in [1.82, 2.24) is 15.0 Å². The van der Waals surface area contributed by atoms with Gasteiger partial charge in [0.05, 0.1) is 4.83 Å². The van der Waals surface area contributed by atoms with Crippen LogP contribution in [0.25, 0.3) is 11.4 Å². The second kappa shape index (κ2) is 9.30. The van der Waals surface area contributed by atoms with Crippen LogP contribution in [0.2, 0.25) is 0 Å². The van der Waals surface area contributed by atoms with E-state index in [0.717, 1.165) is 12.1 Å². The quantitative estimate of drug-likeness (QED) is 0.217. The number of rotatable bonds is 8. The smallest absolute Gasteiger partial charge is 0.212 e. The first-order chi connectivity index (χ1) is 15.7. The molecule has 0 aliphatic rings. The third-order valence-corrected chi connectivity index (χ3v) is 6.56. The first-order valence-corrected chi connectivity index (χ1v) is 10.7. The van der Waals surface area contributed by atoms with Crippen molar-refractivity contribution >= 4 is 31.9 Å². The van der Waals surface area contributed by atoms with Gasteiger partial charge in [0.2, 0.25) is 5.82 Å². The van der Waals surface area contributed by atoms with E-state index in [1.54, 1.807) is 0 Å². The van der Waals surface area contributed by atoms with Crippen LogP contribution >= 0.6 is 31.9 Å². The Morgan fingerprint density at radius 3 is 1.60 bits per heavy atom. The van der Waals surface area contributed by atoms with E-state index in [2.05, 4.69) is 46.8 Å². The second-order valence-electron chi connectivity index (χ2n) is 6.70. The fraction of sp³-hybridized carbons (Fsp3) is 0.471. The van der Waals surface area contributed by atoms with Crippen LogP contribution in [0.15, 0.2) is 30.3 Å². The van der Waals surface area contributed by atoms with Gasteiger partial charge in [-0.05, 0) is 0 Å². The van der Waals surface area contributed by atoms with E-state index in [4.69, 9.17) is 0 Å². The Morgan fingerprint density at radius 1 is 0.657 bits per heavy atom. The summed E-state index contributed by atoms with van der Waals surface area (Å²) in [7, 11) is 0. The summed E-state index contributed by atoms with van der Waals surface area (Å²) in [5.74, 6) is -42.2. The molecule has 0 N–H and O–H groups in total. The van der Waals surface area contributed by atoms with Crippen molar-refractivity contribution < 1.29 is 57.1 Å². The summed E-state index contributed by atoms with van der Waals surface area (Å²) in [4.78, 5) is 8.24. The molecule has 1 aromatic carbocycles. The monoisotopic (exact) mass is 659 g/mol. The Kier molecular flexibility index (Phi) is 7.84. The Labute approximate surface area is 203 Å². The number of hydrogen-bond acceptors (Lipinski definition) is 3. The largest absolute Gasteiger partial charge is 0.460 e. The van der Waals surface area contributed by atoms with Crippen LogP contribution in [0.3, 0.4) is 0 Å². The van der Waals surface area contributed by atoms with Gasteiger partial charge in [0, 0.05) is 10.9 Å². The molecule has 0 fully saturated rings. The topological polar surface area (TPSA) is 38.7 Å². The van der Waals surface area contributed by atoms with Gasteiger partial charge in [-0.25, -0.2) is 15.0 Å². The van der Waals surface area contributed by atoms with E-state index in [0.29, 0.717) is 0 Å². The molecule has 0 saturated heterocycles. The molecule has 196 valence electrons. The molecule has 1 unspecified atom stereocenters. The molecule has 18 heteroatoms. The lowest BCUT2D eigenvalue weighted by molar-refractivity contribution is -0.442. The molecular weight excluding hydrogens is 653 g/mol. The number of aromatic nitrogens is 3. The van der Waals surface area contributed by atoms with Crippen molar-refractivity contribution in [2.24, 2.45) is 0 Å². The van der Waals surface area contributed by atoms with Crippen molar-refractivity contribution in [1.29, 1.82) is 0 Å². The van der Waals surface area contributed by atoms with Crippen LogP contribution in [-0.4, -0.2) is 50.1 Å². The molecule has 0 spiro atoms. The second-order valence-corrected chi connectivity index (χ2v) is 8.45. The molecule has 1 aromatic heterocycles. The predicted molar refractivity (Wildman–Crippen MR) is 100 cm³/mol. The van der Waals surface area contributed by atoms with Crippen molar-refractivity contribution in [3.63, 3.8) is 0 Å². The lowest BCUT2D eigenvalue weighted by atomic mass is 9.93. The predicted octanol–water partition coefficient (Wildman–Crippen LogP) is 7.56. The van der Waals surface area contributed by atoms with Gasteiger partial charge in [0.25, 0.3) is 0 Å². The Balaban J connectivity index is 2.75. The van der Waals surface area contributed by atoms with Crippen molar-refractivity contribution in [3.05, 3.63) is 42.0 Å². The summed E-state index contributed by atoms with van der Waals surface area (Å²) in [6.07, 6.45) is -7.49. The number of benzene rings is 1. The highest BCUT2D eigenvalue weighted by molar-refractivity contribution is 9.12. The number of hydrogen-bond donors (Lipinski definition) is 0. The molecule has 2 aromatic rings. The van der Waals surface area contributed by atoms with E-state index in [-0.39, 0.29) is 10.9 Å². The molecule has 0 aliphatic heterocycles. The summed E-state index contributed by atoms with van der Waals surface area (Å²) in [6.45, 7) is 0. The lowest BCUT2D eigenvalue weighted by Crippen LogP contribution is -2.69. The SMILES string of the molecule is FC(F)(F)C(F)(F)C(F)(F)C(F)(F)C(F)(F)C(F)(F)c1nc(-c2ccccc2)nc(C(Br)CBr)n1. The fourth-order valence-electron chi connectivity index (χ4n) is 2.37. The van der Waals surface area contributed by atoms with E-state index >= 15 is 0 Å². The minimum atomic E-state index is -8.02. The van der Waals surface area contributed by atoms with Gasteiger partial charge in [-0.2, -0.15) is 57.1 Å². The van der Waals surface area contributed by atoms with Gasteiger partial charge in [0.15, 0.2) is 5.82 Å². The highest BCUT2D eigenvalue weighted by atomic mass is 79.9. The molecular formula is C17H8Br2F13N3. The zero-order chi connectivity index (χ0) is 27.3. The van der Waals surface area contributed by atoms with E-state index in [9.17, 15) is 57.1 Å². The minimum Gasteiger partial charge on any atom is -0.212 e. The molecule has 2 rings (SSSR count). The first kappa shape index (κ1) is 29.5. The summed E-state index contributed by atoms with van der Waals surface area (Å²) in [5.41, 5.74) is -0.175. The molecule has 0 saturated carbocycles. The Bertz CT molecular complexity index is 1050. The van der Waals surface area contributed by atoms with Crippen LogP contribution in [0.5, 0.6) is 0 Å². The van der Waals surface area contributed by atoms with Gasteiger partial charge in [-0.1, -0.05) is 62.2 Å². The maximum Gasteiger partial charge on any atom is 0.460 e. The Hall–Kier alpha value is -1.72. The molecule has 0 amide bonds. The van der Waals surface area contributed by atoms with Gasteiger partial charge in [-0.3, -0.25) is 0 Å². The van der Waals surface area contributed by atoms with Crippen molar-refractivity contribution in [2.75, 3.05) is 5.33 Å². The standard InChI is InChI=1S/C17H8Br2F13N3/c18-6-8(19)10-33-9(7-4-2-1-3-5-7)34-11(35-10)12(20,21)13(22,23)14(24,25)15(26,27)16(28,29)17(30,31)32/h1-5,8H,6H2. The molecule has 0 bridgehead atoms. The minimum absolute atomic E-state index is 0.175. The van der Waals surface area contributed by atoms with Crippen molar-refractivity contribution in [3.8, 4) is 11.4 Å². The first-order valence-electron chi connectivity index (χ1n) is 8.64. The zero-order valence-electron chi connectivity index (χ0n) is 16.2. The van der Waals surface area contributed by atoms with Crippen molar-refractivity contribution in [2.45, 2.75) is 40.6 Å². The van der Waals surface area contributed by atoms with E-state index in [1.165, 1.54) is 18.2 Å². The number of halogens is 15. The summed E-state index contributed by atoms with van der Waals surface area (Å²) < 4.78 is 175. The highest BCUT2D eigenvalue weighted by Gasteiger charge is 2.91. The Morgan fingerprint density at radius 2 is 1.14 bits per heavy atom. The van der Waals surface area contributed by atoms with Gasteiger partial charge in [-0.15, -0.1) is 0 Å². The molecule has 35 heavy (non-hydrogen) atoms. The molecule has 0 aliphatic carbocycles. The van der Waals surface area contributed by atoms with Gasteiger partial charge < -0.3 is 0 Å². The maximum atomic E-state index is 14.6. The number of alkyl halides is 15. The van der Waals surface area contributed by atoms with E-state index < -0.39 is 58.1 Å². The molecule has 0 radical (unpaired) electrons. The zero-order valence-corrected chi connectivity index (χ0v) is 19.4. The normalized spacial score (nSPS) is 15.3. The lowest BCUT2D eigenvalue weighted by Gasteiger charge is -2.39. The third kappa shape index (κ3) is 4.71. The van der Waals surface area contributed by atoms with Crippen LogP contribution in [0.1, 0.15) is 16.5 Å². The van der Waals surface area contributed by atoms with Crippen LogP contribution in [-0.2, 0) is 5.92 Å². The summed E-state index contributed by atoms with van der Waals surface area (Å²) in [6, 6.07) is 6.27.